The largest absolute Gasteiger partial charge is 0.206 e. The van der Waals surface area contributed by atoms with Gasteiger partial charge in [0.25, 0.3) is 0 Å². The predicted octanol–water partition coefficient (Wildman–Crippen LogP) is 6.61. The number of benzene rings is 2. The zero-order chi connectivity index (χ0) is 18.1. The van der Waals surface area contributed by atoms with E-state index in [9.17, 15) is 4.39 Å². The van der Waals surface area contributed by atoms with Gasteiger partial charge in [-0.05, 0) is 90.8 Å². The number of aryl methyl sites for hydroxylation is 1. The molecule has 2 heteroatoms. The van der Waals surface area contributed by atoms with Crippen LogP contribution in [0.15, 0.2) is 36.4 Å². The van der Waals surface area contributed by atoms with Gasteiger partial charge in [-0.1, -0.05) is 31.9 Å². The summed E-state index contributed by atoms with van der Waals surface area (Å²) >= 11 is 0. The predicted molar refractivity (Wildman–Crippen MR) is 103 cm³/mol. The highest BCUT2D eigenvalue weighted by molar-refractivity contribution is 5.67. The van der Waals surface area contributed by atoms with Crippen LogP contribution in [0.1, 0.15) is 68.1 Å². The van der Waals surface area contributed by atoms with Crippen molar-refractivity contribution in [3.8, 4) is 17.2 Å². The SMILES string of the molecule is CCC[C@@H]1CC[C@@H]2c3cc(F)c(-c4ccc(C#N)cc4)cc3CC[C@H]2C1. The zero-order valence-corrected chi connectivity index (χ0v) is 15.5. The number of halogens is 1. The molecule has 2 aliphatic rings. The first-order valence-corrected chi connectivity index (χ1v) is 10.0. The lowest BCUT2D eigenvalue weighted by molar-refractivity contribution is 0.201. The Morgan fingerprint density at radius 1 is 1.12 bits per heavy atom. The molecule has 0 N–H and O–H groups in total. The second-order valence-electron chi connectivity index (χ2n) is 8.09. The lowest BCUT2D eigenvalue weighted by Gasteiger charge is -2.41. The van der Waals surface area contributed by atoms with Crippen LogP contribution in [0.3, 0.4) is 0 Å². The molecule has 3 atom stereocenters. The monoisotopic (exact) mass is 347 g/mol. The van der Waals surface area contributed by atoms with Crippen LogP contribution in [0.2, 0.25) is 0 Å². The standard InChI is InChI=1S/C24H26FN/c1-2-3-16-6-11-21-19(12-16)9-10-20-13-23(24(25)14-22(20)21)18-7-4-17(15-26)5-8-18/h4-5,7-8,13-14,16,19,21H,2-3,6,9-12H2,1H3/t16-,19+,21+/m1/s1. The highest BCUT2D eigenvalue weighted by Gasteiger charge is 2.35. The van der Waals surface area contributed by atoms with E-state index in [0.717, 1.165) is 23.8 Å². The van der Waals surface area contributed by atoms with Gasteiger partial charge in [-0.25, -0.2) is 4.39 Å². The lowest BCUT2D eigenvalue weighted by Crippen LogP contribution is -2.28. The summed E-state index contributed by atoms with van der Waals surface area (Å²) in [6, 6.07) is 13.2. The Labute approximate surface area is 155 Å². The van der Waals surface area contributed by atoms with Crippen LogP contribution in [0, 0.1) is 29.0 Å². The van der Waals surface area contributed by atoms with Gasteiger partial charge in [0, 0.05) is 5.56 Å². The van der Waals surface area contributed by atoms with Crippen LogP contribution in [0.5, 0.6) is 0 Å². The van der Waals surface area contributed by atoms with Gasteiger partial charge in [-0.15, -0.1) is 0 Å². The second kappa shape index (κ2) is 7.23. The van der Waals surface area contributed by atoms with Crippen LogP contribution < -0.4 is 0 Å². The molecule has 0 spiro atoms. The topological polar surface area (TPSA) is 23.8 Å². The fraction of sp³-hybridized carbons (Fsp3) is 0.458. The molecule has 2 aliphatic carbocycles. The molecule has 0 bridgehead atoms. The van der Waals surface area contributed by atoms with E-state index < -0.39 is 0 Å². The summed E-state index contributed by atoms with van der Waals surface area (Å²) in [6.07, 6.45) is 8.79. The van der Waals surface area contributed by atoms with E-state index in [1.807, 2.05) is 18.2 Å². The van der Waals surface area contributed by atoms with E-state index in [1.165, 1.54) is 49.7 Å². The molecule has 1 fully saturated rings. The molecular formula is C24H26FN. The Morgan fingerprint density at radius 3 is 2.65 bits per heavy atom. The molecule has 2 aromatic carbocycles. The van der Waals surface area contributed by atoms with Crippen molar-refractivity contribution in [3.05, 3.63) is 58.9 Å². The first kappa shape index (κ1) is 17.3. The number of rotatable bonds is 3. The molecule has 0 radical (unpaired) electrons. The molecule has 2 aromatic rings. The maximum atomic E-state index is 14.9. The van der Waals surface area contributed by atoms with Crippen molar-refractivity contribution < 1.29 is 4.39 Å². The van der Waals surface area contributed by atoms with Gasteiger partial charge in [0.2, 0.25) is 0 Å². The molecule has 0 aromatic heterocycles. The first-order chi connectivity index (χ1) is 12.7. The maximum absolute atomic E-state index is 14.9. The summed E-state index contributed by atoms with van der Waals surface area (Å²) in [7, 11) is 0. The summed E-state index contributed by atoms with van der Waals surface area (Å²) in [5, 5.41) is 8.95. The third-order valence-corrected chi connectivity index (χ3v) is 6.53. The summed E-state index contributed by atoms with van der Waals surface area (Å²) in [4.78, 5) is 0. The Kier molecular flexibility index (Phi) is 4.81. The highest BCUT2D eigenvalue weighted by Crippen LogP contribution is 2.48. The average Bonchev–Trinajstić information content (AvgIpc) is 2.67. The average molecular weight is 347 g/mol. The normalized spacial score (nSPS) is 24.4. The number of fused-ring (bicyclic) bond motifs is 3. The molecule has 134 valence electrons. The summed E-state index contributed by atoms with van der Waals surface area (Å²) < 4.78 is 14.9. The first-order valence-electron chi connectivity index (χ1n) is 10.0. The van der Waals surface area contributed by atoms with Crippen molar-refractivity contribution in [2.24, 2.45) is 11.8 Å². The molecule has 4 rings (SSSR count). The quantitative estimate of drug-likeness (QED) is 0.613. The van der Waals surface area contributed by atoms with Crippen molar-refractivity contribution in [1.82, 2.24) is 0 Å². The van der Waals surface area contributed by atoms with Crippen molar-refractivity contribution in [1.29, 1.82) is 5.26 Å². The van der Waals surface area contributed by atoms with Crippen molar-refractivity contribution >= 4 is 0 Å². The van der Waals surface area contributed by atoms with Crippen molar-refractivity contribution in [2.75, 3.05) is 0 Å². The van der Waals surface area contributed by atoms with Gasteiger partial charge in [0.15, 0.2) is 0 Å². The third kappa shape index (κ3) is 3.16. The molecule has 26 heavy (non-hydrogen) atoms. The van der Waals surface area contributed by atoms with E-state index in [2.05, 4.69) is 19.1 Å². The molecular weight excluding hydrogens is 321 g/mol. The molecule has 0 heterocycles. The lowest BCUT2D eigenvalue weighted by atomic mass is 9.64. The van der Waals surface area contributed by atoms with E-state index in [-0.39, 0.29) is 5.82 Å². The molecule has 0 aliphatic heterocycles. The smallest absolute Gasteiger partial charge is 0.131 e. The Balaban J connectivity index is 1.63. The molecule has 0 amide bonds. The third-order valence-electron chi connectivity index (χ3n) is 6.53. The van der Waals surface area contributed by atoms with Crippen LogP contribution in [-0.4, -0.2) is 0 Å². The molecule has 1 saturated carbocycles. The Morgan fingerprint density at radius 2 is 1.92 bits per heavy atom. The summed E-state index contributed by atoms with van der Waals surface area (Å²) in [5.41, 5.74) is 4.75. The van der Waals surface area contributed by atoms with Gasteiger partial charge >= 0.3 is 0 Å². The molecule has 0 unspecified atom stereocenters. The van der Waals surface area contributed by atoms with Crippen molar-refractivity contribution in [3.63, 3.8) is 0 Å². The summed E-state index contributed by atoms with van der Waals surface area (Å²) in [5.74, 6) is 2.06. The minimum atomic E-state index is -0.121. The Bertz CT molecular complexity index is 831. The number of hydrogen-bond acceptors (Lipinski definition) is 1. The van der Waals surface area contributed by atoms with Crippen LogP contribution in [0.25, 0.3) is 11.1 Å². The molecule has 0 saturated heterocycles. The number of nitriles is 1. The highest BCUT2D eigenvalue weighted by atomic mass is 19.1. The van der Waals surface area contributed by atoms with Gasteiger partial charge in [0.05, 0.1) is 11.6 Å². The van der Waals surface area contributed by atoms with Gasteiger partial charge in [-0.3, -0.25) is 0 Å². The van der Waals surface area contributed by atoms with Crippen LogP contribution in [-0.2, 0) is 6.42 Å². The van der Waals surface area contributed by atoms with Crippen LogP contribution >= 0.6 is 0 Å². The minimum Gasteiger partial charge on any atom is -0.206 e. The van der Waals surface area contributed by atoms with Gasteiger partial charge in [0.1, 0.15) is 5.82 Å². The zero-order valence-electron chi connectivity index (χ0n) is 15.5. The van der Waals surface area contributed by atoms with E-state index in [1.54, 1.807) is 12.1 Å². The van der Waals surface area contributed by atoms with Crippen LogP contribution in [0.4, 0.5) is 4.39 Å². The number of nitrogens with zero attached hydrogens (tertiary/aromatic N) is 1. The van der Waals surface area contributed by atoms with E-state index in [0.29, 0.717) is 17.0 Å². The second-order valence-corrected chi connectivity index (χ2v) is 8.09. The molecule has 1 nitrogen and oxygen atoms in total. The fourth-order valence-corrected chi connectivity index (χ4v) is 5.24. The van der Waals surface area contributed by atoms with E-state index in [4.69, 9.17) is 5.26 Å². The summed E-state index contributed by atoms with van der Waals surface area (Å²) in [6.45, 7) is 2.28. The maximum Gasteiger partial charge on any atom is 0.131 e. The van der Waals surface area contributed by atoms with Gasteiger partial charge < -0.3 is 0 Å². The van der Waals surface area contributed by atoms with E-state index >= 15 is 0 Å². The Hall–Kier alpha value is -2.14. The minimum absolute atomic E-state index is 0.121. The number of hydrogen-bond donors (Lipinski definition) is 0. The van der Waals surface area contributed by atoms with Crippen molar-refractivity contribution in [2.45, 2.75) is 57.8 Å². The van der Waals surface area contributed by atoms with Gasteiger partial charge in [-0.2, -0.15) is 5.26 Å². The fourth-order valence-electron chi connectivity index (χ4n) is 5.24.